The van der Waals surface area contributed by atoms with Crippen LogP contribution in [-0.2, 0) is 17.0 Å². The van der Waals surface area contributed by atoms with Crippen molar-refractivity contribution in [2.45, 2.75) is 31.3 Å². The number of ether oxygens (including phenoxy) is 1. The van der Waals surface area contributed by atoms with E-state index in [4.69, 9.17) is 9.15 Å². The molecule has 1 saturated heterocycles. The summed E-state index contributed by atoms with van der Waals surface area (Å²) in [6.07, 6.45) is 0. The molecule has 3 heterocycles. The molecular weight excluding hydrogens is 364 g/mol. The Balaban J connectivity index is 1.45. The number of benzene rings is 1. The van der Waals surface area contributed by atoms with Crippen LogP contribution in [0.25, 0.3) is 11.5 Å². The van der Waals surface area contributed by atoms with Gasteiger partial charge in [0, 0.05) is 25.2 Å². The van der Waals surface area contributed by atoms with Crippen LogP contribution in [0.15, 0.2) is 33.8 Å². The van der Waals surface area contributed by atoms with Gasteiger partial charge in [-0.25, -0.2) is 0 Å². The predicted molar refractivity (Wildman–Crippen MR) is 103 cm³/mol. The Kier molecular flexibility index (Phi) is 5.40. The van der Waals surface area contributed by atoms with Crippen molar-refractivity contribution in [3.8, 4) is 11.5 Å². The van der Waals surface area contributed by atoms with Crippen LogP contribution in [0, 0.1) is 6.92 Å². The molecule has 3 aromatic rings. The highest BCUT2D eigenvalue weighted by Crippen LogP contribution is 2.26. The Morgan fingerprint density at radius 2 is 1.96 bits per heavy atom. The number of thioether (sulfide) groups is 1. The maximum atomic E-state index is 5.82. The van der Waals surface area contributed by atoms with E-state index in [-0.39, 0.29) is 0 Å². The van der Waals surface area contributed by atoms with Gasteiger partial charge in [-0.2, -0.15) is 0 Å². The van der Waals surface area contributed by atoms with Crippen molar-refractivity contribution in [3.63, 3.8) is 0 Å². The second-order valence-electron chi connectivity index (χ2n) is 6.29. The van der Waals surface area contributed by atoms with Crippen LogP contribution in [0.3, 0.4) is 0 Å². The maximum absolute atomic E-state index is 5.82. The largest absolute Gasteiger partial charge is 0.420 e. The molecule has 0 aliphatic carbocycles. The lowest BCUT2D eigenvalue weighted by Crippen LogP contribution is -2.38. The van der Waals surface area contributed by atoms with Crippen molar-refractivity contribution in [2.75, 3.05) is 31.2 Å². The van der Waals surface area contributed by atoms with Gasteiger partial charge in [0.05, 0.1) is 19.0 Å². The summed E-state index contributed by atoms with van der Waals surface area (Å²) < 4.78 is 13.4. The van der Waals surface area contributed by atoms with Crippen molar-refractivity contribution in [1.82, 2.24) is 25.0 Å². The lowest BCUT2D eigenvalue weighted by Gasteiger charge is -2.27. The number of nitrogens with zero attached hydrogens (tertiary/aromatic N) is 6. The third-order valence-corrected chi connectivity index (χ3v) is 5.32. The van der Waals surface area contributed by atoms with Gasteiger partial charge < -0.3 is 14.1 Å². The zero-order chi connectivity index (χ0) is 18.6. The molecular formula is C18H22N6O2S. The average molecular weight is 386 g/mol. The molecule has 142 valence electrons. The van der Waals surface area contributed by atoms with E-state index < -0.39 is 0 Å². The summed E-state index contributed by atoms with van der Waals surface area (Å²) in [5.74, 6) is 2.57. The zero-order valence-corrected chi connectivity index (χ0v) is 16.3. The molecule has 1 aliphatic rings. The van der Waals surface area contributed by atoms with E-state index in [1.807, 2.05) is 31.2 Å². The van der Waals surface area contributed by atoms with Crippen molar-refractivity contribution in [1.29, 1.82) is 0 Å². The molecule has 0 atom stereocenters. The third-order valence-electron chi connectivity index (χ3n) is 4.36. The van der Waals surface area contributed by atoms with E-state index in [0.717, 1.165) is 55.1 Å². The Bertz CT molecular complexity index is 903. The van der Waals surface area contributed by atoms with E-state index >= 15 is 0 Å². The van der Waals surface area contributed by atoms with Gasteiger partial charge in [-0.15, -0.1) is 20.4 Å². The molecule has 0 radical (unpaired) electrons. The highest BCUT2D eigenvalue weighted by molar-refractivity contribution is 7.98. The average Bonchev–Trinajstić information content (AvgIpc) is 3.34. The van der Waals surface area contributed by atoms with Crippen molar-refractivity contribution < 1.29 is 9.15 Å². The lowest BCUT2D eigenvalue weighted by molar-refractivity contribution is 0.121. The lowest BCUT2D eigenvalue weighted by atomic mass is 10.1. The molecule has 0 spiro atoms. The minimum absolute atomic E-state index is 0.542. The molecule has 0 saturated carbocycles. The zero-order valence-electron chi connectivity index (χ0n) is 15.5. The van der Waals surface area contributed by atoms with Gasteiger partial charge in [-0.05, 0) is 26.0 Å². The number of hydrogen-bond donors (Lipinski definition) is 0. The van der Waals surface area contributed by atoms with Gasteiger partial charge >= 0.3 is 0 Å². The summed E-state index contributed by atoms with van der Waals surface area (Å²) in [6.45, 7) is 8.07. The van der Waals surface area contributed by atoms with Gasteiger partial charge in [0.2, 0.25) is 17.7 Å². The van der Waals surface area contributed by atoms with E-state index in [1.165, 1.54) is 0 Å². The van der Waals surface area contributed by atoms with E-state index in [1.54, 1.807) is 11.8 Å². The first-order chi connectivity index (χ1) is 13.2. The van der Waals surface area contributed by atoms with Gasteiger partial charge in [-0.3, -0.25) is 4.57 Å². The molecule has 1 fully saturated rings. The Hall–Kier alpha value is -2.39. The number of rotatable bonds is 6. The molecule has 0 N–H and O–H groups in total. The normalized spacial score (nSPS) is 14.7. The van der Waals surface area contributed by atoms with E-state index in [9.17, 15) is 0 Å². The maximum Gasteiger partial charge on any atom is 0.247 e. The fraction of sp³-hybridized carbons (Fsp3) is 0.444. The molecule has 27 heavy (non-hydrogen) atoms. The molecule has 9 heteroatoms. The SMILES string of the molecule is CCn1c(SCc2nnc(-c3cccc(C)c3)o2)nnc1N1CCOCC1. The minimum atomic E-state index is 0.542. The van der Waals surface area contributed by atoms with Crippen molar-refractivity contribution >= 4 is 17.7 Å². The fourth-order valence-electron chi connectivity index (χ4n) is 2.99. The standard InChI is InChI=1S/C18H22N6O2S/c1-3-24-17(23-7-9-25-10-8-23)21-22-18(24)27-12-15-19-20-16(26-15)14-6-4-5-13(2)11-14/h4-6,11H,3,7-10,12H2,1-2H3. The van der Waals surface area contributed by atoms with Gasteiger partial charge in [0.1, 0.15) is 0 Å². The van der Waals surface area contributed by atoms with Crippen LogP contribution in [-0.4, -0.2) is 51.3 Å². The Morgan fingerprint density at radius 3 is 2.74 bits per heavy atom. The molecule has 1 aliphatic heterocycles. The van der Waals surface area contributed by atoms with Crippen molar-refractivity contribution in [3.05, 3.63) is 35.7 Å². The molecule has 2 aromatic heterocycles. The first-order valence-corrected chi connectivity index (χ1v) is 10.0. The molecule has 1 aromatic carbocycles. The third kappa shape index (κ3) is 3.98. The predicted octanol–water partition coefficient (Wildman–Crippen LogP) is 2.79. The minimum Gasteiger partial charge on any atom is -0.420 e. The molecule has 0 unspecified atom stereocenters. The van der Waals surface area contributed by atoms with E-state index in [0.29, 0.717) is 17.5 Å². The first-order valence-electron chi connectivity index (χ1n) is 9.02. The highest BCUT2D eigenvalue weighted by Gasteiger charge is 2.20. The molecule has 0 bridgehead atoms. The first kappa shape index (κ1) is 18.0. The number of aromatic nitrogens is 5. The Morgan fingerprint density at radius 1 is 1.11 bits per heavy atom. The van der Waals surface area contributed by atoms with Crippen LogP contribution in [0.4, 0.5) is 5.95 Å². The second kappa shape index (κ2) is 8.10. The van der Waals surface area contributed by atoms with Crippen molar-refractivity contribution in [2.24, 2.45) is 0 Å². The number of morpholine rings is 1. The van der Waals surface area contributed by atoms with Gasteiger partial charge in [0.15, 0.2) is 5.16 Å². The summed E-state index contributed by atoms with van der Waals surface area (Å²) in [5.41, 5.74) is 2.10. The van der Waals surface area contributed by atoms with Crippen LogP contribution >= 0.6 is 11.8 Å². The van der Waals surface area contributed by atoms with Crippen LogP contribution in [0.2, 0.25) is 0 Å². The summed E-state index contributed by atoms with van der Waals surface area (Å²) in [6, 6.07) is 8.03. The number of anilines is 1. The Labute approximate surface area is 161 Å². The number of aryl methyl sites for hydroxylation is 1. The topological polar surface area (TPSA) is 82.1 Å². The molecule has 0 amide bonds. The number of hydrogen-bond acceptors (Lipinski definition) is 8. The van der Waals surface area contributed by atoms with Crippen LogP contribution in [0.5, 0.6) is 0 Å². The fourth-order valence-corrected chi connectivity index (χ4v) is 3.83. The summed E-state index contributed by atoms with van der Waals surface area (Å²) in [5, 5.41) is 17.9. The second-order valence-corrected chi connectivity index (χ2v) is 7.23. The van der Waals surface area contributed by atoms with Gasteiger partial charge in [0.25, 0.3) is 0 Å². The summed E-state index contributed by atoms with van der Waals surface area (Å²) in [4.78, 5) is 2.21. The smallest absolute Gasteiger partial charge is 0.247 e. The molecule has 8 nitrogen and oxygen atoms in total. The summed E-state index contributed by atoms with van der Waals surface area (Å²) >= 11 is 1.56. The highest BCUT2D eigenvalue weighted by atomic mass is 32.2. The monoisotopic (exact) mass is 386 g/mol. The van der Waals surface area contributed by atoms with Gasteiger partial charge in [-0.1, -0.05) is 29.5 Å². The quantitative estimate of drug-likeness (QED) is 0.598. The van der Waals surface area contributed by atoms with Crippen LogP contribution in [0.1, 0.15) is 18.4 Å². The van der Waals surface area contributed by atoms with Crippen LogP contribution < -0.4 is 4.90 Å². The van der Waals surface area contributed by atoms with E-state index in [2.05, 4.69) is 36.8 Å². The summed E-state index contributed by atoms with van der Waals surface area (Å²) in [7, 11) is 0. The molecule has 4 rings (SSSR count).